The Bertz CT molecular complexity index is 1250. The standard InChI is InChI=1S/C22H18ClN5O4/c1-14-20(24-27-28(14)16-7-5-6-15(23)12-16)22(30)26-25-21(29)19-11-10-18(32-19)13-31-17-8-3-2-4-9-17/h2-12H,13H2,1H3,(H,25,29)(H,26,30). The lowest BCUT2D eigenvalue weighted by molar-refractivity contribution is 0.0825. The van der Waals surface area contributed by atoms with Crippen molar-refractivity contribution in [2.75, 3.05) is 0 Å². The van der Waals surface area contributed by atoms with Crippen LogP contribution in [0.25, 0.3) is 5.69 Å². The van der Waals surface area contributed by atoms with Crippen molar-refractivity contribution < 1.29 is 18.7 Å². The van der Waals surface area contributed by atoms with Crippen molar-refractivity contribution in [3.05, 3.63) is 94.7 Å². The van der Waals surface area contributed by atoms with E-state index in [0.29, 0.717) is 27.9 Å². The van der Waals surface area contributed by atoms with Crippen LogP contribution in [-0.2, 0) is 6.61 Å². The number of carbonyl (C=O) groups is 2. The van der Waals surface area contributed by atoms with Gasteiger partial charge in [0, 0.05) is 5.02 Å². The molecule has 0 aliphatic rings. The molecule has 2 amide bonds. The summed E-state index contributed by atoms with van der Waals surface area (Å²) in [6, 6.07) is 19.3. The van der Waals surface area contributed by atoms with E-state index in [9.17, 15) is 9.59 Å². The molecule has 0 aliphatic heterocycles. The minimum absolute atomic E-state index is 0.0243. The van der Waals surface area contributed by atoms with E-state index < -0.39 is 11.8 Å². The summed E-state index contributed by atoms with van der Waals surface area (Å²) in [4.78, 5) is 24.8. The molecule has 0 bridgehead atoms. The van der Waals surface area contributed by atoms with Gasteiger partial charge in [0.05, 0.1) is 11.4 Å². The van der Waals surface area contributed by atoms with E-state index in [-0.39, 0.29) is 18.1 Å². The van der Waals surface area contributed by atoms with Gasteiger partial charge >= 0.3 is 5.91 Å². The Morgan fingerprint density at radius 3 is 2.59 bits per heavy atom. The fourth-order valence-corrected chi connectivity index (χ4v) is 3.06. The zero-order valence-corrected chi connectivity index (χ0v) is 17.7. The van der Waals surface area contributed by atoms with E-state index in [1.807, 2.05) is 30.3 Å². The van der Waals surface area contributed by atoms with Gasteiger partial charge in [-0.05, 0) is 49.4 Å². The highest BCUT2D eigenvalue weighted by Crippen LogP contribution is 2.17. The van der Waals surface area contributed by atoms with Gasteiger partial charge in [-0.3, -0.25) is 20.4 Å². The Labute approximate surface area is 187 Å². The third kappa shape index (κ3) is 4.79. The van der Waals surface area contributed by atoms with Crippen LogP contribution < -0.4 is 15.6 Å². The fraction of sp³-hybridized carbons (Fsp3) is 0.0909. The number of carbonyl (C=O) groups excluding carboxylic acids is 2. The molecule has 162 valence electrons. The average molecular weight is 452 g/mol. The number of amides is 2. The normalized spacial score (nSPS) is 10.6. The van der Waals surface area contributed by atoms with E-state index >= 15 is 0 Å². The van der Waals surface area contributed by atoms with E-state index in [1.165, 1.54) is 10.7 Å². The van der Waals surface area contributed by atoms with Gasteiger partial charge < -0.3 is 9.15 Å². The fourth-order valence-electron chi connectivity index (χ4n) is 2.88. The van der Waals surface area contributed by atoms with E-state index in [4.69, 9.17) is 20.8 Å². The number of halogens is 1. The number of ether oxygens (including phenoxy) is 1. The minimum atomic E-state index is -0.622. The number of hydrogen-bond acceptors (Lipinski definition) is 6. The van der Waals surface area contributed by atoms with Crippen LogP contribution in [0.15, 0.2) is 71.1 Å². The van der Waals surface area contributed by atoms with Crippen molar-refractivity contribution in [2.24, 2.45) is 0 Å². The van der Waals surface area contributed by atoms with Crippen LogP contribution in [0.2, 0.25) is 5.02 Å². The van der Waals surface area contributed by atoms with Crippen LogP contribution in [0.4, 0.5) is 0 Å². The molecule has 32 heavy (non-hydrogen) atoms. The van der Waals surface area contributed by atoms with Crippen molar-refractivity contribution in [2.45, 2.75) is 13.5 Å². The second-order valence-corrected chi connectivity index (χ2v) is 7.13. The molecule has 9 nitrogen and oxygen atoms in total. The van der Waals surface area contributed by atoms with Gasteiger partial charge in [0.1, 0.15) is 18.1 Å². The smallest absolute Gasteiger partial charge is 0.305 e. The van der Waals surface area contributed by atoms with Crippen LogP contribution in [0.5, 0.6) is 5.75 Å². The van der Waals surface area contributed by atoms with Crippen LogP contribution in [0.3, 0.4) is 0 Å². The van der Waals surface area contributed by atoms with Crippen molar-refractivity contribution in [1.82, 2.24) is 25.8 Å². The number of para-hydroxylation sites is 1. The van der Waals surface area contributed by atoms with Crippen LogP contribution in [0, 0.1) is 6.92 Å². The zero-order chi connectivity index (χ0) is 22.5. The molecule has 0 aliphatic carbocycles. The molecule has 0 radical (unpaired) electrons. The number of furan rings is 1. The van der Waals surface area contributed by atoms with Crippen molar-refractivity contribution >= 4 is 23.4 Å². The highest BCUT2D eigenvalue weighted by molar-refractivity contribution is 6.30. The second kappa shape index (κ2) is 9.36. The first-order valence-electron chi connectivity index (χ1n) is 9.57. The number of nitrogens with zero attached hydrogens (tertiary/aromatic N) is 3. The molecule has 0 unspecified atom stereocenters. The monoisotopic (exact) mass is 451 g/mol. The highest BCUT2D eigenvalue weighted by Gasteiger charge is 2.19. The maximum absolute atomic E-state index is 12.5. The Kier molecular flexibility index (Phi) is 6.18. The first-order chi connectivity index (χ1) is 15.5. The SMILES string of the molecule is Cc1c(C(=O)NNC(=O)c2ccc(COc3ccccc3)o2)nnn1-c1cccc(Cl)c1. The van der Waals surface area contributed by atoms with Crippen LogP contribution in [0.1, 0.15) is 32.5 Å². The van der Waals surface area contributed by atoms with Gasteiger partial charge in [-0.2, -0.15) is 0 Å². The third-order valence-corrected chi connectivity index (χ3v) is 4.70. The molecular formula is C22H18ClN5O4. The molecular weight excluding hydrogens is 434 g/mol. The third-order valence-electron chi connectivity index (χ3n) is 4.46. The number of benzene rings is 2. The molecule has 10 heteroatoms. The molecule has 2 aromatic heterocycles. The van der Waals surface area contributed by atoms with Crippen LogP contribution in [-0.4, -0.2) is 26.8 Å². The van der Waals surface area contributed by atoms with Gasteiger partial charge in [0.2, 0.25) is 0 Å². The van der Waals surface area contributed by atoms with E-state index in [2.05, 4.69) is 21.2 Å². The quantitative estimate of drug-likeness (QED) is 0.434. The maximum atomic E-state index is 12.5. The van der Waals surface area contributed by atoms with Gasteiger partial charge in [-0.1, -0.05) is 41.1 Å². The second-order valence-electron chi connectivity index (χ2n) is 6.69. The summed E-state index contributed by atoms with van der Waals surface area (Å²) in [7, 11) is 0. The summed E-state index contributed by atoms with van der Waals surface area (Å²) in [5.41, 5.74) is 5.81. The highest BCUT2D eigenvalue weighted by atomic mass is 35.5. The Morgan fingerprint density at radius 2 is 1.81 bits per heavy atom. The van der Waals surface area contributed by atoms with Crippen molar-refractivity contribution in [3.8, 4) is 11.4 Å². The Hall–Kier alpha value is -4.11. The number of rotatable bonds is 6. The lowest BCUT2D eigenvalue weighted by atomic mass is 10.3. The topological polar surface area (TPSA) is 111 Å². The largest absolute Gasteiger partial charge is 0.486 e. The summed E-state index contributed by atoms with van der Waals surface area (Å²) in [6.07, 6.45) is 0. The molecule has 2 heterocycles. The molecule has 0 saturated carbocycles. The summed E-state index contributed by atoms with van der Waals surface area (Å²) >= 11 is 6.01. The van der Waals surface area contributed by atoms with Gasteiger partial charge in [-0.15, -0.1) is 5.10 Å². The molecule has 4 rings (SSSR count). The van der Waals surface area contributed by atoms with Gasteiger partial charge in [-0.25, -0.2) is 4.68 Å². The van der Waals surface area contributed by atoms with E-state index in [1.54, 1.807) is 37.3 Å². The molecule has 4 aromatic rings. The lowest BCUT2D eigenvalue weighted by Gasteiger charge is -2.06. The molecule has 0 atom stereocenters. The zero-order valence-electron chi connectivity index (χ0n) is 16.9. The number of hydrogen-bond donors (Lipinski definition) is 2. The van der Waals surface area contributed by atoms with Crippen molar-refractivity contribution in [3.63, 3.8) is 0 Å². The number of hydrazine groups is 1. The van der Waals surface area contributed by atoms with Gasteiger partial charge in [0.25, 0.3) is 5.91 Å². The average Bonchev–Trinajstić information content (AvgIpc) is 3.43. The number of aromatic nitrogens is 3. The summed E-state index contributed by atoms with van der Waals surface area (Å²) < 4.78 is 12.5. The maximum Gasteiger partial charge on any atom is 0.305 e. The summed E-state index contributed by atoms with van der Waals surface area (Å²) in [5, 5.41) is 8.41. The predicted octanol–water partition coefficient (Wildman–Crippen LogP) is 3.48. The molecule has 2 aromatic carbocycles. The summed E-state index contributed by atoms with van der Waals surface area (Å²) in [6.45, 7) is 1.85. The molecule has 0 saturated heterocycles. The Balaban J connectivity index is 1.34. The first kappa shape index (κ1) is 21.1. The summed E-state index contributed by atoms with van der Waals surface area (Å²) in [5.74, 6) is -0.0715. The molecule has 2 N–H and O–H groups in total. The van der Waals surface area contributed by atoms with Crippen molar-refractivity contribution in [1.29, 1.82) is 0 Å². The predicted molar refractivity (Wildman–Crippen MR) is 116 cm³/mol. The van der Waals surface area contributed by atoms with E-state index in [0.717, 1.165) is 0 Å². The number of nitrogens with one attached hydrogen (secondary N) is 2. The molecule has 0 fully saturated rings. The van der Waals surface area contributed by atoms with Crippen LogP contribution >= 0.6 is 11.6 Å². The lowest BCUT2D eigenvalue weighted by Crippen LogP contribution is -2.41. The molecule has 0 spiro atoms. The Morgan fingerprint density at radius 1 is 1.03 bits per heavy atom. The van der Waals surface area contributed by atoms with Gasteiger partial charge in [0.15, 0.2) is 11.5 Å². The first-order valence-corrected chi connectivity index (χ1v) is 9.94. The minimum Gasteiger partial charge on any atom is -0.486 e.